The number of thiazole rings is 1. The summed E-state index contributed by atoms with van der Waals surface area (Å²) >= 11 is 4.37. The smallest absolute Gasteiger partial charge is 0.271 e. The maximum absolute atomic E-state index is 13.9. The number of phenols is 1. The average Bonchev–Trinajstić information content (AvgIpc) is 3.24. The minimum absolute atomic E-state index is 0.173. The van der Waals surface area contributed by atoms with Crippen LogP contribution >= 0.6 is 27.3 Å². The van der Waals surface area contributed by atoms with Gasteiger partial charge in [0.05, 0.1) is 32.8 Å². The van der Waals surface area contributed by atoms with Crippen LogP contribution in [0.25, 0.3) is 11.8 Å². The van der Waals surface area contributed by atoms with Crippen molar-refractivity contribution >= 4 is 44.7 Å². The molecule has 0 bridgehead atoms. The number of halogens is 1. The zero-order valence-electron chi connectivity index (χ0n) is 20.1. The van der Waals surface area contributed by atoms with Crippen LogP contribution in [-0.2, 0) is 6.42 Å². The lowest BCUT2D eigenvalue weighted by atomic mass is 9.83. The Balaban J connectivity index is 1.61. The Bertz CT molecular complexity index is 1840. The molecule has 10 heteroatoms. The highest BCUT2D eigenvalue weighted by atomic mass is 79.9. The van der Waals surface area contributed by atoms with Crippen molar-refractivity contribution in [1.82, 2.24) is 4.57 Å². The zero-order valence-corrected chi connectivity index (χ0v) is 22.5. The fourth-order valence-corrected chi connectivity index (χ4v) is 6.53. The van der Waals surface area contributed by atoms with Gasteiger partial charge in [-0.15, -0.1) is 0 Å². The van der Waals surface area contributed by atoms with Crippen LogP contribution < -0.4 is 19.6 Å². The average molecular weight is 590 g/mol. The lowest BCUT2D eigenvalue weighted by Crippen LogP contribution is -2.38. The predicted molar refractivity (Wildman–Crippen MR) is 148 cm³/mol. The van der Waals surface area contributed by atoms with E-state index in [-0.39, 0.29) is 33.1 Å². The highest BCUT2D eigenvalue weighted by Crippen LogP contribution is 2.41. The second-order valence-corrected chi connectivity index (χ2v) is 10.9. The zero-order chi connectivity index (χ0) is 26.6. The summed E-state index contributed by atoms with van der Waals surface area (Å²) < 4.78 is 7.52. The highest BCUT2D eigenvalue weighted by molar-refractivity contribution is 9.10. The number of rotatable bonds is 4. The van der Waals surface area contributed by atoms with E-state index in [0.717, 1.165) is 41.0 Å². The number of methoxy groups -OCH3 is 1. The van der Waals surface area contributed by atoms with Crippen LogP contribution in [0, 0.1) is 10.1 Å². The highest BCUT2D eigenvalue weighted by Gasteiger charge is 2.32. The molecule has 190 valence electrons. The fraction of sp³-hybridized carbons (Fsp3) is 0.143. The number of nitro groups is 1. The number of benzene rings is 3. The Kier molecular flexibility index (Phi) is 6.00. The summed E-state index contributed by atoms with van der Waals surface area (Å²) in [6.45, 7) is 0. The molecule has 1 aromatic heterocycles. The molecule has 2 aliphatic rings. The lowest BCUT2D eigenvalue weighted by molar-refractivity contribution is -0.385. The Morgan fingerprint density at radius 1 is 1.18 bits per heavy atom. The van der Waals surface area contributed by atoms with Gasteiger partial charge in [0, 0.05) is 23.3 Å². The molecule has 0 radical (unpaired) electrons. The molecule has 1 N–H and O–H groups in total. The molecule has 0 fully saturated rings. The number of nitrogens with zero attached hydrogens (tertiary/aromatic N) is 3. The van der Waals surface area contributed by atoms with E-state index in [1.54, 1.807) is 11.7 Å². The monoisotopic (exact) mass is 589 g/mol. The summed E-state index contributed by atoms with van der Waals surface area (Å²) in [7, 11) is 1.61. The van der Waals surface area contributed by atoms with Gasteiger partial charge in [0.1, 0.15) is 11.5 Å². The van der Waals surface area contributed by atoms with E-state index in [1.807, 2.05) is 36.4 Å². The van der Waals surface area contributed by atoms with Crippen molar-refractivity contribution in [3.63, 3.8) is 0 Å². The van der Waals surface area contributed by atoms with Crippen molar-refractivity contribution in [2.45, 2.75) is 18.9 Å². The second-order valence-electron chi connectivity index (χ2n) is 9.01. The summed E-state index contributed by atoms with van der Waals surface area (Å²) in [5.74, 6) is 0.539. The van der Waals surface area contributed by atoms with E-state index in [1.165, 1.54) is 35.1 Å². The molecule has 0 unspecified atom stereocenters. The normalized spacial score (nSPS) is 16.4. The summed E-state index contributed by atoms with van der Waals surface area (Å²) in [5, 5.41) is 21.9. The van der Waals surface area contributed by atoms with Crippen molar-refractivity contribution < 1.29 is 14.8 Å². The van der Waals surface area contributed by atoms with E-state index >= 15 is 0 Å². The third-order valence-electron chi connectivity index (χ3n) is 6.88. The summed E-state index contributed by atoms with van der Waals surface area (Å²) in [6, 6.07) is 18.0. The first kappa shape index (κ1) is 24.3. The number of aromatic nitrogens is 1. The Hall–Kier alpha value is -4.02. The van der Waals surface area contributed by atoms with Gasteiger partial charge in [-0.3, -0.25) is 19.5 Å². The van der Waals surface area contributed by atoms with Crippen LogP contribution in [0.2, 0.25) is 0 Å². The topological polar surface area (TPSA) is 107 Å². The summed E-state index contributed by atoms with van der Waals surface area (Å²) in [4.78, 5) is 30.2. The van der Waals surface area contributed by atoms with Crippen LogP contribution in [0.5, 0.6) is 11.5 Å². The largest absolute Gasteiger partial charge is 0.506 e. The molecule has 0 amide bonds. The standard InChI is InChI=1S/C28H20BrN3O5S/c1-37-19-9-6-16(7-10-19)25-21-11-8-15-4-2-3-5-20(15)24(21)30-28-31(25)27(34)23(38-28)13-17-12-18(32(35)36)14-22(29)26(17)33/h2-7,9-10,12-14,25,33H,8,11H2,1H3/b23-13-/t25-/m0/s1. The molecule has 2 heterocycles. The molecular weight excluding hydrogens is 570 g/mol. The molecule has 38 heavy (non-hydrogen) atoms. The summed E-state index contributed by atoms with van der Waals surface area (Å²) in [6.07, 6.45) is 3.09. The van der Waals surface area contributed by atoms with Gasteiger partial charge < -0.3 is 9.84 Å². The number of non-ortho nitro benzene ring substituents is 1. The fourth-order valence-electron chi connectivity index (χ4n) is 5.07. The molecule has 1 aliphatic heterocycles. The number of hydrogen-bond donors (Lipinski definition) is 1. The van der Waals surface area contributed by atoms with Gasteiger partial charge >= 0.3 is 0 Å². The third kappa shape index (κ3) is 3.97. The number of fused-ring (bicyclic) bond motifs is 3. The van der Waals surface area contributed by atoms with Gasteiger partial charge in [0.25, 0.3) is 11.2 Å². The molecule has 0 saturated carbocycles. The molecule has 1 atom stereocenters. The predicted octanol–water partition coefficient (Wildman–Crippen LogP) is 4.70. The van der Waals surface area contributed by atoms with Gasteiger partial charge in [0.2, 0.25) is 0 Å². The van der Waals surface area contributed by atoms with E-state index in [9.17, 15) is 20.0 Å². The van der Waals surface area contributed by atoms with E-state index < -0.39 is 4.92 Å². The van der Waals surface area contributed by atoms with Crippen LogP contribution in [0.15, 0.2) is 80.5 Å². The number of hydrogen-bond acceptors (Lipinski definition) is 7. The van der Waals surface area contributed by atoms with E-state index in [4.69, 9.17) is 9.73 Å². The number of phenolic OH excluding ortho intramolecular Hbond substituents is 1. The SMILES string of the molecule is COc1ccc([C@H]2C3=C(N=c4s/c(=C\c5cc([N+](=O)[O-])cc(Br)c5O)c(=O)n42)c2ccccc2CC3)cc1. The maximum Gasteiger partial charge on any atom is 0.271 e. The Labute approximate surface area is 228 Å². The van der Waals surface area contributed by atoms with Gasteiger partial charge in [-0.1, -0.05) is 47.7 Å². The third-order valence-corrected chi connectivity index (χ3v) is 8.47. The van der Waals surface area contributed by atoms with Crippen molar-refractivity contribution in [1.29, 1.82) is 0 Å². The molecule has 3 aromatic carbocycles. The van der Waals surface area contributed by atoms with Gasteiger partial charge in [-0.05, 0) is 63.7 Å². The molecule has 6 rings (SSSR count). The first-order chi connectivity index (χ1) is 18.4. The molecular formula is C28H20BrN3O5S. The van der Waals surface area contributed by atoms with Gasteiger partial charge in [-0.25, -0.2) is 4.99 Å². The number of aromatic hydroxyl groups is 1. The number of aryl methyl sites for hydroxylation is 1. The number of allylic oxidation sites excluding steroid dienone is 1. The van der Waals surface area contributed by atoms with Crippen molar-refractivity contribution in [2.24, 2.45) is 4.99 Å². The molecule has 0 spiro atoms. The molecule has 0 saturated heterocycles. The first-order valence-electron chi connectivity index (χ1n) is 11.8. The van der Waals surface area contributed by atoms with E-state index in [0.29, 0.717) is 9.33 Å². The van der Waals surface area contributed by atoms with Gasteiger partial charge in [-0.2, -0.15) is 0 Å². The minimum atomic E-state index is -0.543. The number of nitro benzene ring substituents is 1. The van der Waals surface area contributed by atoms with Crippen molar-refractivity contribution in [2.75, 3.05) is 7.11 Å². The van der Waals surface area contributed by atoms with Crippen LogP contribution in [0.3, 0.4) is 0 Å². The van der Waals surface area contributed by atoms with Crippen LogP contribution in [-0.4, -0.2) is 21.7 Å². The molecule has 1 aliphatic carbocycles. The van der Waals surface area contributed by atoms with Crippen LogP contribution in [0.4, 0.5) is 5.69 Å². The minimum Gasteiger partial charge on any atom is -0.506 e. The first-order valence-corrected chi connectivity index (χ1v) is 13.4. The maximum atomic E-state index is 13.9. The van der Waals surface area contributed by atoms with Crippen molar-refractivity contribution in [3.05, 3.63) is 123 Å². The second kappa shape index (κ2) is 9.38. The quantitative estimate of drug-likeness (QED) is 0.274. The summed E-state index contributed by atoms with van der Waals surface area (Å²) in [5.41, 5.74) is 4.85. The Morgan fingerprint density at radius 2 is 1.95 bits per heavy atom. The van der Waals surface area contributed by atoms with Crippen LogP contribution in [0.1, 0.15) is 34.7 Å². The van der Waals surface area contributed by atoms with Gasteiger partial charge in [0.15, 0.2) is 4.80 Å². The lowest BCUT2D eigenvalue weighted by Gasteiger charge is -2.30. The van der Waals surface area contributed by atoms with E-state index in [2.05, 4.69) is 28.1 Å². The Morgan fingerprint density at radius 3 is 2.68 bits per heavy atom. The van der Waals surface area contributed by atoms with Crippen molar-refractivity contribution in [3.8, 4) is 11.5 Å². The number of ether oxygens (including phenoxy) is 1. The molecule has 4 aromatic rings. The molecule has 8 nitrogen and oxygen atoms in total.